The first-order chi connectivity index (χ1) is 12.2. The van der Waals surface area contributed by atoms with Crippen molar-refractivity contribution in [2.75, 3.05) is 25.2 Å². The van der Waals surface area contributed by atoms with Crippen molar-refractivity contribution in [1.29, 1.82) is 0 Å². The molecule has 130 valence electrons. The predicted octanol–water partition coefficient (Wildman–Crippen LogP) is 2.71. The van der Waals surface area contributed by atoms with Gasteiger partial charge in [-0.25, -0.2) is 0 Å². The molecule has 0 aromatic heterocycles. The SMILES string of the molecule is CCc1ccc(N2C(=O)c3ccccc3C2C(=O)NCCOC)cc1. The highest BCUT2D eigenvalue weighted by atomic mass is 16.5. The number of carbonyl (C=O) groups excluding carboxylic acids is 2. The van der Waals surface area contributed by atoms with Gasteiger partial charge in [0.2, 0.25) is 5.91 Å². The summed E-state index contributed by atoms with van der Waals surface area (Å²) in [7, 11) is 1.59. The van der Waals surface area contributed by atoms with E-state index < -0.39 is 6.04 Å². The van der Waals surface area contributed by atoms with Gasteiger partial charge in [-0.1, -0.05) is 37.3 Å². The number of methoxy groups -OCH3 is 1. The number of rotatable bonds is 6. The number of benzene rings is 2. The van der Waals surface area contributed by atoms with Crippen LogP contribution in [0.2, 0.25) is 0 Å². The molecule has 5 heteroatoms. The van der Waals surface area contributed by atoms with E-state index in [2.05, 4.69) is 12.2 Å². The highest BCUT2D eigenvalue weighted by molar-refractivity contribution is 6.15. The fourth-order valence-electron chi connectivity index (χ4n) is 3.11. The summed E-state index contributed by atoms with van der Waals surface area (Å²) in [6, 6.07) is 14.4. The van der Waals surface area contributed by atoms with Crippen molar-refractivity contribution in [1.82, 2.24) is 5.32 Å². The highest BCUT2D eigenvalue weighted by Crippen LogP contribution is 2.37. The van der Waals surface area contributed by atoms with E-state index in [0.717, 1.165) is 17.7 Å². The molecule has 1 aliphatic rings. The molecule has 5 nitrogen and oxygen atoms in total. The van der Waals surface area contributed by atoms with E-state index >= 15 is 0 Å². The summed E-state index contributed by atoms with van der Waals surface area (Å²) in [4.78, 5) is 27.3. The van der Waals surface area contributed by atoms with E-state index in [9.17, 15) is 9.59 Å². The van der Waals surface area contributed by atoms with E-state index in [0.29, 0.717) is 18.7 Å². The lowest BCUT2D eigenvalue weighted by atomic mass is 10.0. The van der Waals surface area contributed by atoms with Gasteiger partial charge in [-0.05, 0) is 35.7 Å². The van der Waals surface area contributed by atoms with Crippen molar-refractivity contribution < 1.29 is 14.3 Å². The molecule has 0 saturated heterocycles. The van der Waals surface area contributed by atoms with E-state index in [4.69, 9.17) is 4.74 Å². The molecule has 1 unspecified atom stereocenters. The maximum atomic E-state index is 12.9. The van der Waals surface area contributed by atoms with Crippen LogP contribution in [0.1, 0.15) is 34.5 Å². The van der Waals surface area contributed by atoms with Crippen molar-refractivity contribution in [2.45, 2.75) is 19.4 Å². The second kappa shape index (κ2) is 7.49. The summed E-state index contributed by atoms with van der Waals surface area (Å²) in [5, 5.41) is 2.85. The Hall–Kier alpha value is -2.66. The van der Waals surface area contributed by atoms with Crippen LogP contribution in [-0.2, 0) is 16.0 Å². The van der Waals surface area contributed by atoms with Gasteiger partial charge in [0.1, 0.15) is 6.04 Å². The van der Waals surface area contributed by atoms with Gasteiger partial charge in [0.05, 0.1) is 6.61 Å². The molecule has 2 amide bonds. The van der Waals surface area contributed by atoms with Crippen LogP contribution >= 0.6 is 0 Å². The fraction of sp³-hybridized carbons (Fsp3) is 0.300. The zero-order valence-corrected chi connectivity index (χ0v) is 14.5. The monoisotopic (exact) mass is 338 g/mol. The molecule has 0 aliphatic carbocycles. The number of fused-ring (bicyclic) bond motifs is 1. The standard InChI is InChI=1S/C20H22N2O3/c1-3-14-8-10-15(11-9-14)22-18(19(23)21-12-13-25-2)16-6-4-5-7-17(16)20(22)24/h4-11,18H,3,12-13H2,1-2H3,(H,21,23). The van der Waals surface area contributed by atoms with Crippen LogP contribution in [-0.4, -0.2) is 32.1 Å². The molecule has 0 saturated carbocycles. The van der Waals surface area contributed by atoms with E-state index in [1.165, 1.54) is 5.56 Å². The first-order valence-corrected chi connectivity index (χ1v) is 8.45. The van der Waals surface area contributed by atoms with Crippen molar-refractivity contribution in [3.63, 3.8) is 0 Å². The van der Waals surface area contributed by atoms with Crippen LogP contribution in [0.3, 0.4) is 0 Å². The average molecular weight is 338 g/mol. The van der Waals surface area contributed by atoms with Crippen molar-refractivity contribution in [2.24, 2.45) is 0 Å². The number of carbonyl (C=O) groups is 2. The van der Waals surface area contributed by atoms with E-state index in [1.807, 2.05) is 42.5 Å². The summed E-state index contributed by atoms with van der Waals surface area (Å²) >= 11 is 0. The average Bonchev–Trinajstić information content (AvgIpc) is 2.95. The second-order valence-corrected chi connectivity index (χ2v) is 5.97. The number of hydrogen-bond acceptors (Lipinski definition) is 3. The van der Waals surface area contributed by atoms with Crippen LogP contribution in [0.4, 0.5) is 5.69 Å². The molecule has 25 heavy (non-hydrogen) atoms. The first-order valence-electron chi connectivity index (χ1n) is 8.45. The molecule has 1 aliphatic heterocycles. The van der Waals surface area contributed by atoms with E-state index in [-0.39, 0.29) is 11.8 Å². The highest BCUT2D eigenvalue weighted by Gasteiger charge is 2.41. The smallest absolute Gasteiger partial charge is 0.259 e. The summed E-state index contributed by atoms with van der Waals surface area (Å²) in [6.45, 7) is 2.92. The minimum Gasteiger partial charge on any atom is -0.383 e. The van der Waals surface area contributed by atoms with Crippen molar-refractivity contribution in [3.05, 3.63) is 65.2 Å². The van der Waals surface area contributed by atoms with Gasteiger partial charge in [-0.15, -0.1) is 0 Å². The Balaban J connectivity index is 1.96. The molecule has 1 N–H and O–H groups in total. The quantitative estimate of drug-likeness (QED) is 0.824. The zero-order valence-electron chi connectivity index (χ0n) is 14.5. The third-order valence-electron chi connectivity index (χ3n) is 4.44. The van der Waals surface area contributed by atoms with Gasteiger partial charge >= 0.3 is 0 Å². The Kier molecular flexibility index (Phi) is 5.14. The topological polar surface area (TPSA) is 58.6 Å². The number of nitrogens with one attached hydrogen (secondary N) is 1. The van der Waals surface area contributed by atoms with Gasteiger partial charge in [-0.2, -0.15) is 0 Å². The van der Waals surface area contributed by atoms with Crippen LogP contribution < -0.4 is 10.2 Å². The lowest BCUT2D eigenvalue weighted by molar-refractivity contribution is -0.122. The second-order valence-electron chi connectivity index (χ2n) is 5.97. The molecule has 0 spiro atoms. The van der Waals surface area contributed by atoms with Gasteiger partial charge in [0.15, 0.2) is 0 Å². The third-order valence-corrected chi connectivity index (χ3v) is 4.44. The molecule has 0 bridgehead atoms. The van der Waals surface area contributed by atoms with Gasteiger partial charge in [-0.3, -0.25) is 14.5 Å². The first kappa shape index (κ1) is 17.2. The van der Waals surface area contributed by atoms with Crippen molar-refractivity contribution >= 4 is 17.5 Å². The van der Waals surface area contributed by atoms with Crippen molar-refractivity contribution in [3.8, 4) is 0 Å². The van der Waals surface area contributed by atoms with Gasteiger partial charge < -0.3 is 10.1 Å². The molecule has 1 heterocycles. The lowest BCUT2D eigenvalue weighted by Crippen LogP contribution is -2.40. The summed E-state index contributed by atoms with van der Waals surface area (Å²) < 4.78 is 4.99. The zero-order chi connectivity index (χ0) is 17.8. The van der Waals surface area contributed by atoms with Gasteiger partial charge in [0.25, 0.3) is 5.91 Å². The fourth-order valence-corrected chi connectivity index (χ4v) is 3.11. The van der Waals surface area contributed by atoms with Crippen LogP contribution in [0, 0.1) is 0 Å². The Morgan fingerprint density at radius 1 is 1.16 bits per heavy atom. The molecule has 0 fully saturated rings. The third kappa shape index (κ3) is 3.28. The molecular weight excluding hydrogens is 316 g/mol. The molecule has 2 aromatic carbocycles. The molecule has 1 atom stereocenters. The summed E-state index contributed by atoms with van der Waals surface area (Å²) in [5.41, 5.74) is 3.23. The largest absolute Gasteiger partial charge is 0.383 e. The Morgan fingerprint density at radius 3 is 2.56 bits per heavy atom. The Morgan fingerprint density at radius 2 is 1.88 bits per heavy atom. The summed E-state index contributed by atoms with van der Waals surface area (Å²) in [5.74, 6) is -0.346. The Labute approximate surface area is 147 Å². The summed E-state index contributed by atoms with van der Waals surface area (Å²) in [6.07, 6.45) is 0.926. The number of anilines is 1. The number of nitrogens with zero attached hydrogens (tertiary/aromatic N) is 1. The molecule has 0 radical (unpaired) electrons. The van der Waals surface area contributed by atoms with E-state index in [1.54, 1.807) is 18.1 Å². The Bertz CT molecular complexity index is 771. The van der Waals surface area contributed by atoms with Gasteiger partial charge in [0, 0.05) is 24.9 Å². The molecule has 2 aromatic rings. The normalized spacial score (nSPS) is 16.0. The molecular formula is C20H22N2O3. The minimum absolute atomic E-state index is 0.147. The molecule has 3 rings (SSSR count). The minimum atomic E-state index is -0.659. The predicted molar refractivity (Wildman–Crippen MR) is 96.7 cm³/mol. The maximum Gasteiger partial charge on any atom is 0.259 e. The number of hydrogen-bond donors (Lipinski definition) is 1. The number of ether oxygens (including phenoxy) is 1. The lowest BCUT2D eigenvalue weighted by Gasteiger charge is -2.25. The maximum absolute atomic E-state index is 12.9. The van der Waals surface area contributed by atoms with Crippen LogP contribution in [0.5, 0.6) is 0 Å². The number of amides is 2. The van der Waals surface area contributed by atoms with Crippen LogP contribution in [0.15, 0.2) is 48.5 Å². The number of aryl methyl sites for hydroxylation is 1. The van der Waals surface area contributed by atoms with Crippen LogP contribution in [0.25, 0.3) is 0 Å².